The number of anilines is 1. The summed E-state index contributed by atoms with van der Waals surface area (Å²) in [5, 5.41) is 2.83. The van der Waals surface area contributed by atoms with E-state index in [9.17, 15) is 4.79 Å². The lowest BCUT2D eigenvalue weighted by atomic mass is 10.2. The molecule has 0 fully saturated rings. The molecule has 14 heavy (non-hydrogen) atoms. The van der Waals surface area contributed by atoms with Gasteiger partial charge in [0.25, 0.3) is 5.91 Å². The summed E-state index contributed by atoms with van der Waals surface area (Å²) in [6.07, 6.45) is 5.00. The van der Waals surface area contributed by atoms with Gasteiger partial charge in [-0.2, -0.15) is 0 Å². The van der Waals surface area contributed by atoms with Gasteiger partial charge in [0.15, 0.2) is 0 Å². The maximum atomic E-state index is 11.4. The van der Waals surface area contributed by atoms with Crippen LogP contribution >= 0.6 is 11.6 Å². The second-order valence-electron chi connectivity index (χ2n) is 2.63. The molecule has 0 aromatic heterocycles. The van der Waals surface area contributed by atoms with Crippen molar-refractivity contribution in [2.75, 3.05) is 12.3 Å². The molecule has 1 amide bonds. The number of hydrogen-bond donors (Lipinski definition) is 2. The summed E-state index contributed by atoms with van der Waals surface area (Å²) in [5.41, 5.74) is 6.37. The van der Waals surface area contributed by atoms with Gasteiger partial charge in [-0.05, 0) is 18.2 Å². The number of terminal acetylenes is 1. The largest absolute Gasteiger partial charge is 0.399 e. The van der Waals surface area contributed by atoms with Crippen molar-refractivity contribution >= 4 is 23.2 Å². The van der Waals surface area contributed by atoms with E-state index in [1.54, 1.807) is 12.1 Å². The number of carbonyl (C=O) groups is 1. The van der Waals surface area contributed by atoms with E-state index in [-0.39, 0.29) is 12.5 Å². The molecule has 0 saturated carbocycles. The van der Waals surface area contributed by atoms with E-state index in [1.165, 1.54) is 6.07 Å². The van der Waals surface area contributed by atoms with Crippen molar-refractivity contribution < 1.29 is 4.79 Å². The fraction of sp³-hybridized carbons (Fsp3) is 0.100. The van der Waals surface area contributed by atoms with Crippen LogP contribution in [0.15, 0.2) is 18.2 Å². The van der Waals surface area contributed by atoms with Gasteiger partial charge >= 0.3 is 0 Å². The third-order valence-corrected chi connectivity index (χ3v) is 1.90. The first kappa shape index (κ1) is 10.4. The molecule has 4 heteroatoms. The Bertz CT molecular complexity index is 396. The van der Waals surface area contributed by atoms with Crippen LogP contribution in [0.5, 0.6) is 0 Å². The minimum absolute atomic E-state index is 0.180. The average molecular weight is 209 g/mol. The van der Waals surface area contributed by atoms with Crippen molar-refractivity contribution in [2.45, 2.75) is 0 Å². The van der Waals surface area contributed by atoms with Crippen LogP contribution in [-0.4, -0.2) is 12.5 Å². The Kier molecular flexibility index (Phi) is 3.38. The molecule has 3 N–H and O–H groups in total. The molecule has 0 aliphatic heterocycles. The number of carbonyl (C=O) groups excluding carboxylic acids is 1. The molecule has 1 aromatic rings. The van der Waals surface area contributed by atoms with E-state index in [4.69, 9.17) is 23.8 Å². The van der Waals surface area contributed by atoms with Crippen LogP contribution < -0.4 is 11.1 Å². The maximum absolute atomic E-state index is 11.4. The number of rotatable bonds is 2. The van der Waals surface area contributed by atoms with Gasteiger partial charge in [0.05, 0.1) is 17.1 Å². The Hall–Kier alpha value is -1.66. The number of nitrogens with two attached hydrogens (primary N) is 1. The first-order chi connectivity index (χ1) is 6.65. The van der Waals surface area contributed by atoms with Crippen LogP contribution in [-0.2, 0) is 0 Å². The van der Waals surface area contributed by atoms with Crippen molar-refractivity contribution in [3.63, 3.8) is 0 Å². The molecular formula is C10H9ClN2O. The first-order valence-corrected chi connectivity index (χ1v) is 4.29. The van der Waals surface area contributed by atoms with Gasteiger partial charge in [-0.1, -0.05) is 17.5 Å². The molecule has 0 atom stereocenters. The average Bonchev–Trinajstić information content (AvgIpc) is 2.14. The van der Waals surface area contributed by atoms with E-state index in [2.05, 4.69) is 11.2 Å². The molecule has 1 aromatic carbocycles. The maximum Gasteiger partial charge on any atom is 0.253 e. The SMILES string of the molecule is C#CCNC(=O)c1ccc(N)cc1Cl. The Morgan fingerprint density at radius 3 is 2.93 bits per heavy atom. The zero-order valence-electron chi connectivity index (χ0n) is 7.38. The smallest absolute Gasteiger partial charge is 0.253 e. The minimum Gasteiger partial charge on any atom is -0.399 e. The molecule has 0 heterocycles. The molecule has 0 aliphatic rings. The van der Waals surface area contributed by atoms with Crippen LogP contribution in [0.1, 0.15) is 10.4 Å². The molecule has 0 spiro atoms. The summed E-state index contributed by atoms with van der Waals surface area (Å²) in [5.74, 6) is 2.00. The van der Waals surface area contributed by atoms with E-state index in [0.717, 1.165) is 0 Å². The lowest BCUT2D eigenvalue weighted by Crippen LogP contribution is -2.23. The Morgan fingerprint density at radius 2 is 2.36 bits per heavy atom. The second-order valence-corrected chi connectivity index (χ2v) is 3.03. The summed E-state index contributed by atoms with van der Waals surface area (Å²) in [7, 11) is 0. The number of nitrogens with one attached hydrogen (secondary N) is 1. The zero-order valence-corrected chi connectivity index (χ0v) is 8.14. The number of benzene rings is 1. The summed E-state index contributed by atoms with van der Waals surface area (Å²) < 4.78 is 0. The number of halogens is 1. The standard InChI is InChI=1S/C10H9ClN2O/c1-2-5-13-10(14)8-4-3-7(12)6-9(8)11/h1,3-4,6H,5,12H2,(H,13,14). The lowest BCUT2D eigenvalue weighted by Gasteiger charge is -2.04. The van der Waals surface area contributed by atoms with Gasteiger partial charge in [-0.25, -0.2) is 0 Å². The Labute approximate surface area is 87.2 Å². The van der Waals surface area contributed by atoms with Gasteiger partial charge in [-0.15, -0.1) is 6.42 Å². The van der Waals surface area contributed by atoms with Gasteiger partial charge in [-0.3, -0.25) is 4.79 Å². The molecule has 72 valence electrons. The fourth-order valence-electron chi connectivity index (χ4n) is 0.942. The van der Waals surface area contributed by atoms with Gasteiger partial charge in [0.1, 0.15) is 0 Å². The molecule has 0 aliphatic carbocycles. The Balaban J connectivity index is 2.86. The van der Waals surface area contributed by atoms with Gasteiger partial charge in [0, 0.05) is 5.69 Å². The van der Waals surface area contributed by atoms with Crippen molar-refractivity contribution in [3.05, 3.63) is 28.8 Å². The molecule has 0 unspecified atom stereocenters. The van der Waals surface area contributed by atoms with Crippen LogP contribution in [0.4, 0.5) is 5.69 Å². The van der Waals surface area contributed by atoms with Crippen molar-refractivity contribution in [1.82, 2.24) is 5.32 Å². The molecule has 3 nitrogen and oxygen atoms in total. The molecule has 0 bridgehead atoms. The normalized spacial score (nSPS) is 9.14. The lowest BCUT2D eigenvalue weighted by molar-refractivity contribution is 0.0959. The third kappa shape index (κ3) is 2.41. The third-order valence-electron chi connectivity index (χ3n) is 1.59. The van der Waals surface area contributed by atoms with Crippen LogP contribution in [0, 0.1) is 12.3 Å². The van der Waals surface area contributed by atoms with Crippen LogP contribution in [0.2, 0.25) is 5.02 Å². The Morgan fingerprint density at radius 1 is 1.64 bits per heavy atom. The summed E-state index contributed by atoms with van der Waals surface area (Å²) in [4.78, 5) is 11.4. The minimum atomic E-state index is -0.298. The highest BCUT2D eigenvalue weighted by molar-refractivity contribution is 6.34. The van der Waals surface area contributed by atoms with Crippen LogP contribution in [0.3, 0.4) is 0 Å². The molecule has 0 radical (unpaired) electrons. The van der Waals surface area contributed by atoms with E-state index < -0.39 is 0 Å². The van der Waals surface area contributed by atoms with Gasteiger partial charge < -0.3 is 11.1 Å². The highest BCUT2D eigenvalue weighted by Crippen LogP contribution is 2.18. The van der Waals surface area contributed by atoms with E-state index >= 15 is 0 Å². The summed E-state index contributed by atoms with van der Waals surface area (Å²) in [6, 6.07) is 4.69. The number of amides is 1. The number of nitrogen functional groups attached to an aromatic ring is 1. The molecule has 0 saturated heterocycles. The summed E-state index contributed by atoms with van der Waals surface area (Å²) in [6.45, 7) is 0.180. The highest BCUT2D eigenvalue weighted by Gasteiger charge is 2.08. The van der Waals surface area contributed by atoms with Crippen LogP contribution in [0.25, 0.3) is 0 Å². The second kappa shape index (κ2) is 4.54. The summed E-state index contributed by atoms with van der Waals surface area (Å²) >= 11 is 5.81. The predicted molar refractivity (Wildman–Crippen MR) is 57.0 cm³/mol. The fourth-order valence-corrected chi connectivity index (χ4v) is 1.22. The molecule has 1 rings (SSSR count). The monoisotopic (exact) mass is 208 g/mol. The highest BCUT2D eigenvalue weighted by atomic mass is 35.5. The quantitative estimate of drug-likeness (QED) is 0.568. The zero-order chi connectivity index (χ0) is 10.6. The number of hydrogen-bond acceptors (Lipinski definition) is 2. The van der Waals surface area contributed by atoms with Crippen molar-refractivity contribution in [1.29, 1.82) is 0 Å². The first-order valence-electron chi connectivity index (χ1n) is 3.92. The predicted octanol–water partition coefficient (Wildman–Crippen LogP) is 1.29. The van der Waals surface area contributed by atoms with Crippen molar-refractivity contribution in [3.8, 4) is 12.3 Å². The topological polar surface area (TPSA) is 55.1 Å². The van der Waals surface area contributed by atoms with Gasteiger partial charge in [0.2, 0.25) is 0 Å². The molecular weight excluding hydrogens is 200 g/mol. The van der Waals surface area contributed by atoms with Crippen molar-refractivity contribution in [2.24, 2.45) is 0 Å². The van der Waals surface area contributed by atoms with E-state index in [1.807, 2.05) is 0 Å². The van der Waals surface area contributed by atoms with E-state index in [0.29, 0.717) is 16.3 Å².